The summed E-state index contributed by atoms with van der Waals surface area (Å²) >= 11 is 0. The molecule has 0 bridgehead atoms. The van der Waals surface area contributed by atoms with Crippen LogP contribution in [0.15, 0.2) is 18.2 Å². The molecule has 0 aliphatic carbocycles. The van der Waals surface area contributed by atoms with Crippen LogP contribution < -0.4 is 14.6 Å². The van der Waals surface area contributed by atoms with Crippen LogP contribution >= 0.6 is 8.25 Å². The number of nitrogens with one attached hydrogen (secondary N) is 1. The van der Waals surface area contributed by atoms with Gasteiger partial charge in [0, 0.05) is 11.6 Å². The maximum absolute atomic E-state index is 11.7. The third-order valence-electron chi connectivity index (χ3n) is 2.16. The molecule has 10 heteroatoms. The summed E-state index contributed by atoms with van der Waals surface area (Å²) < 4.78 is 29.3. The number of alkyl carbamates (subject to hydrolysis) is 1. The van der Waals surface area contributed by atoms with Crippen molar-refractivity contribution >= 4 is 20.3 Å². The first-order valence-electron chi connectivity index (χ1n) is 5.51. The van der Waals surface area contributed by atoms with Gasteiger partial charge in [-0.15, -0.1) is 4.89 Å². The van der Waals surface area contributed by atoms with E-state index < -0.39 is 27.1 Å². The minimum atomic E-state index is -2.85. The van der Waals surface area contributed by atoms with Gasteiger partial charge >= 0.3 is 20.3 Å². The van der Waals surface area contributed by atoms with Crippen molar-refractivity contribution in [2.24, 2.45) is 0 Å². The summed E-state index contributed by atoms with van der Waals surface area (Å²) in [6, 6.07) is 3.84. The molecule has 1 aromatic rings. The number of hydrogen-bond donors (Lipinski definition) is 2. The van der Waals surface area contributed by atoms with Crippen LogP contribution in [0.4, 0.5) is 4.79 Å². The molecule has 21 heavy (non-hydrogen) atoms. The molecule has 0 spiro atoms. The second-order valence-electron chi connectivity index (χ2n) is 3.43. The Labute approximate surface area is 120 Å². The van der Waals surface area contributed by atoms with Gasteiger partial charge in [0.2, 0.25) is 12.5 Å². The van der Waals surface area contributed by atoms with Crippen molar-refractivity contribution in [3.05, 3.63) is 23.8 Å². The van der Waals surface area contributed by atoms with E-state index in [-0.39, 0.29) is 17.1 Å². The fraction of sp³-hybridized carbons (Fsp3) is 0.273. The van der Waals surface area contributed by atoms with Crippen molar-refractivity contribution < 1.29 is 37.8 Å². The lowest BCUT2D eigenvalue weighted by Crippen LogP contribution is -2.21. The van der Waals surface area contributed by atoms with Gasteiger partial charge in [-0.2, -0.15) is 0 Å². The van der Waals surface area contributed by atoms with Crippen molar-refractivity contribution in [2.75, 3.05) is 21.0 Å². The number of amides is 1. The number of methoxy groups -OCH3 is 1. The molecule has 1 atom stereocenters. The zero-order valence-corrected chi connectivity index (χ0v) is 12.1. The summed E-state index contributed by atoms with van der Waals surface area (Å²) in [4.78, 5) is 31.1. The van der Waals surface area contributed by atoms with Crippen molar-refractivity contribution in [1.82, 2.24) is 5.32 Å². The van der Waals surface area contributed by atoms with Crippen molar-refractivity contribution in [2.45, 2.75) is 0 Å². The predicted molar refractivity (Wildman–Crippen MR) is 69.3 cm³/mol. The minimum absolute atomic E-state index is 0.000674. The molecule has 1 unspecified atom stereocenters. The van der Waals surface area contributed by atoms with Gasteiger partial charge in [0.25, 0.3) is 0 Å². The molecule has 0 radical (unpaired) electrons. The van der Waals surface area contributed by atoms with Crippen LogP contribution in [0.5, 0.6) is 11.5 Å². The van der Waals surface area contributed by atoms with E-state index in [4.69, 9.17) is 14.4 Å². The first-order valence-corrected chi connectivity index (χ1v) is 6.64. The minimum Gasteiger partial charge on any atom is -0.493 e. The van der Waals surface area contributed by atoms with Crippen molar-refractivity contribution in [3.8, 4) is 11.5 Å². The normalized spacial score (nSPS) is 10.3. The SMILES string of the molecule is CNC(=O)OCOC(=O)c1ccc(O[P+](=O)O)c(OC)c1. The summed E-state index contributed by atoms with van der Waals surface area (Å²) in [5.41, 5.74) is 0.0906. The number of rotatable bonds is 6. The summed E-state index contributed by atoms with van der Waals surface area (Å²) in [7, 11) is -0.190. The van der Waals surface area contributed by atoms with Gasteiger partial charge < -0.3 is 19.5 Å². The molecule has 2 N–H and O–H groups in total. The maximum atomic E-state index is 11.7. The van der Waals surface area contributed by atoms with Crippen LogP contribution in [-0.2, 0) is 14.0 Å². The number of carbonyl (C=O) groups is 2. The Kier molecular flexibility index (Phi) is 6.38. The van der Waals surface area contributed by atoms with E-state index in [1.54, 1.807) is 0 Å². The van der Waals surface area contributed by atoms with E-state index in [1.165, 1.54) is 32.4 Å². The van der Waals surface area contributed by atoms with Gasteiger partial charge in [-0.05, 0) is 18.2 Å². The molecule has 0 heterocycles. The van der Waals surface area contributed by atoms with Gasteiger partial charge in [0.05, 0.1) is 12.7 Å². The largest absolute Gasteiger partial charge is 0.747 e. The monoisotopic (exact) mass is 318 g/mol. The van der Waals surface area contributed by atoms with Crippen LogP contribution in [0.25, 0.3) is 0 Å². The van der Waals surface area contributed by atoms with Gasteiger partial charge in [-0.3, -0.25) is 0 Å². The molecule has 0 saturated carbocycles. The Morgan fingerprint density at radius 3 is 2.57 bits per heavy atom. The average Bonchev–Trinajstić information content (AvgIpc) is 2.46. The van der Waals surface area contributed by atoms with Crippen LogP contribution in [0.3, 0.4) is 0 Å². The van der Waals surface area contributed by atoms with Gasteiger partial charge in [0.15, 0.2) is 5.75 Å². The highest BCUT2D eigenvalue weighted by molar-refractivity contribution is 7.32. The van der Waals surface area contributed by atoms with Crippen LogP contribution in [0.2, 0.25) is 0 Å². The molecule has 0 aliphatic rings. The summed E-state index contributed by atoms with van der Waals surface area (Å²) in [5.74, 6) is -0.689. The summed E-state index contributed by atoms with van der Waals surface area (Å²) in [6.45, 7) is -0.554. The number of benzene rings is 1. The third kappa shape index (κ3) is 5.25. The van der Waals surface area contributed by atoms with E-state index in [0.717, 1.165) is 0 Å². The molecule has 1 aromatic carbocycles. The van der Waals surface area contributed by atoms with E-state index >= 15 is 0 Å². The highest BCUT2D eigenvalue weighted by Gasteiger charge is 2.20. The lowest BCUT2D eigenvalue weighted by atomic mass is 10.2. The summed E-state index contributed by atoms with van der Waals surface area (Å²) in [5, 5.41) is 2.18. The average molecular weight is 318 g/mol. The Morgan fingerprint density at radius 2 is 2.00 bits per heavy atom. The second-order valence-corrected chi connectivity index (χ2v) is 4.08. The standard InChI is InChI=1S/C11H12NO8P/c1-12-11(14)19-6-18-10(13)7-3-4-8(20-21(15)16)9(5-7)17-2/h3-5H,6H2,1-2H3,(H-,12,14,15,16)/p+1. The quantitative estimate of drug-likeness (QED) is 0.456. The van der Waals surface area contributed by atoms with Crippen LogP contribution in [0, 0.1) is 0 Å². The molecule has 9 nitrogen and oxygen atoms in total. The lowest BCUT2D eigenvalue weighted by Gasteiger charge is -2.07. The molecule has 1 amide bonds. The molecule has 0 aliphatic heterocycles. The molecule has 0 saturated heterocycles. The summed E-state index contributed by atoms with van der Waals surface area (Å²) in [6.07, 6.45) is -0.740. The number of esters is 1. The zero-order valence-electron chi connectivity index (χ0n) is 11.2. The van der Waals surface area contributed by atoms with E-state index in [9.17, 15) is 14.2 Å². The molecule has 0 fully saturated rings. The smallest absolute Gasteiger partial charge is 0.493 e. The Bertz CT molecular complexity index is 547. The first kappa shape index (κ1) is 16.7. The van der Waals surface area contributed by atoms with E-state index in [0.29, 0.717) is 0 Å². The predicted octanol–water partition coefficient (Wildman–Crippen LogP) is 1.19. The third-order valence-corrected chi connectivity index (χ3v) is 2.51. The molecular weight excluding hydrogens is 305 g/mol. The maximum Gasteiger partial charge on any atom is 0.747 e. The molecule has 1 rings (SSSR count). The van der Waals surface area contributed by atoms with Crippen LogP contribution in [0.1, 0.15) is 10.4 Å². The van der Waals surface area contributed by atoms with E-state index in [1.807, 2.05) is 0 Å². The van der Waals surface area contributed by atoms with Gasteiger partial charge in [-0.25, -0.2) is 14.1 Å². The Morgan fingerprint density at radius 1 is 1.29 bits per heavy atom. The number of ether oxygens (including phenoxy) is 3. The highest BCUT2D eigenvalue weighted by atomic mass is 31.1. The number of hydrogen-bond acceptors (Lipinski definition) is 7. The molecular formula is C11H13NO8P+. The highest BCUT2D eigenvalue weighted by Crippen LogP contribution is 2.33. The Balaban J connectivity index is 2.72. The zero-order chi connectivity index (χ0) is 15.8. The second kappa shape index (κ2) is 8.03. The molecule has 0 aromatic heterocycles. The first-order chi connectivity index (χ1) is 9.97. The number of carbonyl (C=O) groups excluding carboxylic acids is 2. The fourth-order valence-corrected chi connectivity index (χ4v) is 1.57. The van der Waals surface area contributed by atoms with Crippen LogP contribution in [-0.4, -0.2) is 37.9 Å². The van der Waals surface area contributed by atoms with Crippen molar-refractivity contribution in [3.63, 3.8) is 0 Å². The van der Waals surface area contributed by atoms with Crippen molar-refractivity contribution in [1.29, 1.82) is 0 Å². The fourth-order valence-electron chi connectivity index (χ4n) is 1.25. The molecule has 114 valence electrons. The van der Waals surface area contributed by atoms with Gasteiger partial charge in [-0.1, -0.05) is 0 Å². The van der Waals surface area contributed by atoms with Gasteiger partial charge in [0.1, 0.15) is 0 Å². The van der Waals surface area contributed by atoms with E-state index in [2.05, 4.69) is 14.6 Å². The lowest BCUT2D eigenvalue weighted by molar-refractivity contribution is -0.00186. The topological polar surface area (TPSA) is 120 Å². The Hall–Kier alpha value is -2.38.